The molecule has 20 heavy (non-hydrogen) atoms. The number of aliphatic hydroxyl groups is 1. The Morgan fingerprint density at radius 1 is 0.850 bits per heavy atom. The zero-order chi connectivity index (χ0) is 13.9. The minimum absolute atomic E-state index is 0.470. The Bertz CT molecular complexity index is 725. The lowest BCUT2D eigenvalue weighted by atomic mass is 9.94. The molecule has 1 N–H and O–H groups in total. The molecule has 0 amide bonds. The average molecular weight is 262 g/mol. The van der Waals surface area contributed by atoms with Crippen molar-refractivity contribution in [3.05, 3.63) is 83.4 Å². The van der Waals surface area contributed by atoms with Crippen molar-refractivity contribution in [2.45, 2.75) is 19.4 Å². The van der Waals surface area contributed by atoms with Gasteiger partial charge in [0.25, 0.3) is 0 Å². The summed E-state index contributed by atoms with van der Waals surface area (Å²) in [5.41, 5.74) is 3.44. The third-order valence-electron chi connectivity index (χ3n) is 3.86. The molecule has 0 spiro atoms. The summed E-state index contributed by atoms with van der Waals surface area (Å²) in [6.07, 6.45) is 0.183. The van der Waals surface area contributed by atoms with Gasteiger partial charge in [0.15, 0.2) is 0 Å². The molecule has 0 aliphatic rings. The van der Waals surface area contributed by atoms with Crippen LogP contribution in [0.3, 0.4) is 0 Å². The highest BCUT2D eigenvalue weighted by molar-refractivity contribution is 5.86. The zero-order valence-electron chi connectivity index (χ0n) is 11.6. The van der Waals surface area contributed by atoms with Gasteiger partial charge in [0.05, 0.1) is 6.10 Å². The molecular weight excluding hydrogens is 244 g/mol. The van der Waals surface area contributed by atoms with Gasteiger partial charge in [0, 0.05) is 6.42 Å². The van der Waals surface area contributed by atoms with Gasteiger partial charge in [-0.1, -0.05) is 66.7 Å². The lowest BCUT2D eigenvalue weighted by molar-refractivity contribution is 0.180. The topological polar surface area (TPSA) is 20.2 Å². The molecule has 1 unspecified atom stereocenters. The third-order valence-corrected chi connectivity index (χ3v) is 3.86. The summed E-state index contributed by atoms with van der Waals surface area (Å²) >= 11 is 0. The molecule has 0 heterocycles. The van der Waals surface area contributed by atoms with E-state index in [0.29, 0.717) is 6.42 Å². The van der Waals surface area contributed by atoms with Gasteiger partial charge in [0.1, 0.15) is 0 Å². The third kappa shape index (κ3) is 2.45. The van der Waals surface area contributed by atoms with Crippen molar-refractivity contribution in [2.75, 3.05) is 0 Å². The van der Waals surface area contributed by atoms with E-state index < -0.39 is 6.10 Å². The maximum atomic E-state index is 10.6. The van der Waals surface area contributed by atoms with E-state index in [1.165, 1.54) is 16.5 Å². The van der Waals surface area contributed by atoms with Crippen LogP contribution >= 0.6 is 0 Å². The average Bonchev–Trinajstić information content (AvgIpc) is 2.49. The monoisotopic (exact) mass is 262 g/mol. The van der Waals surface area contributed by atoms with Crippen LogP contribution in [0.25, 0.3) is 10.8 Å². The molecule has 100 valence electrons. The van der Waals surface area contributed by atoms with Gasteiger partial charge in [-0.3, -0.25) is 0 Å². The molecule has 0 saturated carbocycles. The highest BCUT2D eigenvalue weighted by atomic mass is 16.3. The van der Waals surface area contributed by atoms with Crippen LogP contribution in [-0.4, -0.2) is 5.11 Å². The summed E-state index contributed by atoms with van der Waals surface area (Å²) in [6.45, 7) is 2.09. The molecule has 0 saturated heterocycles. The first-order valence-corrected chi connectivity index (χ1v) is 6.96. The second kappa shape index (κ2) is 5.48. The fourth-order valence-electron chi connectivity index (χ4n) is 2.70. The van der Waals surface area contributed by atoms with E-state index in [0.717, 1.165) is 10.9 Å². The van der Waals surface area contributed by atoms with Crippen LogP contribution in [0.4, 0.5) is 0 Å². The van der Waals surface area contributed by atoms with Crippen molar-refractivity contribution < 1.29 is 5.11 Å². The summed E-state index contributed by atoms with van der Waals surface area (Å²) in [5.74, 6) is 0. The van der Waals surface area contributed by atoms with Crippen LogP contribution in [0.1, 0.15) is 22.8 Å². The Labute approximate surface area is 119 Å². The maximum Gasteiger partial charge on any atom is 0.0836 e. The highest BCUT2D eigenvalue weighted by Gasteiger charge is 2.12. The quantitative estimate of drug-likeness (QED) is 0.740. The zero-order valence-corrected chi connectivity index (χ0v) is 11.6. The minimum atomic E-state index is -0.470. The maximum absolute atomic E-state index is 10.6. The first-order valence-electron chi connectivity index (χ1n) is 6.96. The van der Waals surface area contributed by atoms with Crippen molar-refractivity contribution in [3.8, 4) is 0 Å². The lowest BCUT2D eigenvalue weighted by Gasteiger charge is -2.15. The first kappa shape index (κ1) is 12.9. The summed E-state index contributed by atoms with van der Waals surface area (Å²) in [5, 5.41) is 12.9. The highest BCUT2D eigenvalue weighted by Crippen LogP contribution is 2.27. The molecule has 1 nitrogen and oxygen atoms in total. The number of hydrogen-bond acceptors (Lipinski definition) is 1. The standard InChI is InChI=1S/C19H18O/c1-14-7-2-3-9-16(14)13-19(20)18-12-6-10-15-8-4-5-11-17(15)18/h2-12,19-20H,13H2,1H3. The molecule has 0 aromatic heterocycles. The predicted molar refractivity (Wildman–Crippen MR) is 83.8 cm³/mol. The van der Waals surface area contributed by atoms with Crippen LogP contribution < -0.4 is 0 Å². The molecule has 0 aliphatic carbocycles. The van der Waals surface area contributed by atoms with Crippen LogP contribution in [0.15, 0.2) is 66.7 Å². The van der Waals surface area contributed by atoms with Gasteiger partial charge in [-0.15, -0.1) is 0 Å². The number of fused-ring (bicyclic) bond motifs is 1. The Morgan fingerprint density at radius 3 is 2.40 bits per heavy atom. The molecule has 3 rings (SSSR count). The summed E-state index contributed by atoms with van der Waals surface area (Å²) in [6, 6.07) is 22.6. The predicted octanol–water partition coefficient (Wildman–Crippen LogP) is 4.42. The van der Waals surface area contributed by atoms with Gasteiger partial charge < -0.3 is 5.11 Å². The fourth-order valence-corrected chi connectivity index (χ4v) is 2.70. The molecule has 0 radical (unpaired) electrons. The minimum Gasteiger partial charge on any atom is -0.388 e. The molecule has 3 aromatic rings. The van der Waals surface area contributed by atoms with E-state index >= 15 is 0 Å². The van der Waals surface area contributed by atoms with Crippen molar-refractivity contribution in [2.24, 2.45) is 0 Å². The van der Waals surface area contributed by atoms with E-state index in [-0.39, 0.29) is 0 Å². The first-order chi connectivity index (χ1) is 9.75. The molecule has 1 heteroatoms. The normalized spacial score (nSPS) is 12.5. The SMILES string of the molecule is Cc1ccccc1CC(O)c1cccc2ccccc12. The van der Waals surface area contributed by atoms with Crippen LogP contribution in [0, 0.1) is 6.92 Å². The fraction of sp³-hybridized carbons (Fsp3) is 0.158. The Kier molecular flexibility index (Phi) is 3.53. The smallest absolute Gasteiger partial charge is 0.0836 e. The molecule has 3 aromatic carbocycles. The Morgan fingerprint density at radius 2 is 1.55 bits per heavy atom. The number of benzene rings is 3. The van der Waals surface area contributed by atoms with Crippen LogP contribution in [-0.2, 0) is 6.42 Å². The van der Waals surface area contributed by atoms with Crippen molar-refractivity contribution in [3.63, 3.8) is 0 Å². The van der Waals surface area contributed by atoms with Gasteiger partial charge in [-0.05, 0) is 34.4 Å². The molecule has 0 fully saturated rings. The van der Waals surface area contributed by atoms with Gasteiger partial charge >= 0.3 is 0 Å². The van der Waals surface area contributed by atoms with Crippen LogP contribution in [0.2, 0.25) is 0 Å². The lowest BCUT2D eigenvalue weighted by Crippen LogP contribution is -2.03. The number of aliphatic hydroxyl groups excluding tert-OH is 1. The summed E-state index contributed by atoms with van der Waals surface area (Å²) < 4.78 is 0. The van der Waals surface area contributed by atoms with Gasteiger partial charge in [0.2, 0.25) is 0 Å². The van der Waals surface area contributed by atoms with Crippen LogP contribution in [0.5, 0.6) is 0 Å². The van der Waals surface area contributed by atoms with E-state index in [9.17, 15) is 5.11 Å². The van der Waals surface area contributed by atoms with Crippen molar-refractivity contribution in [1.82, 2.24) is 0 Å². The molecule has 1 atom stereocenters. The van der Waals surface area contributed by atoms with E-state index in [1.54, 1.807) is 0 Å². The van der Waals surface area contributed by atoms with E-state index in [2.05, 4.69) is 37.3 Å². The van der Waals surface area contributed by atoms with Gasteiger partial charge in [-0.25, -0.2) is 0 Å². The number of hydrogen-bond donors (Lipinski definition) is 1. The Balaban J connectivity index is 1.97. The largest absolute Gasteiger partial charge is 0.388 e. The number of aryl methyl sites for hydroxylation is 1. The molecular formula is C19H18O. The number of rotatable bonds is 3. The van der Waals surface area contributed by atoms with Gasteiger partial charge in [-0.2, -0.15) is 0 Å². The summed E-state index contributed by atoms with van der Waals surface area (Å²) in [4.78, 5) is 0. The van der Waals surface area contributed by atoms with E-state index in [1.807, 2.05) is 36.4 Å². The molecule has 0 bridgehead atoms. The molecule has 0 aliphatic heterocycles. The second-order valence-electron chi connectivity index (χ2n) is 5.21. The van der Waals surface area contributed by atoms with E-state index in [4.69, 9.17) is 0 Å². The van der Waals surface area contributed by atoms with Crippen molar-refractivity contribution in [1.29, 1.82) is 0 Å². The van der Waals surface area contributed by atoms with Crippen molar-refractivity contribution >= 4 is 10.8 Å². The Hall–Kier alpha value is -2.12. The second-order valence-corrected chi connectivity index (χ2v) is 5.21. The summed E-state index contributed by atoms with van der Waals surface area (Å²) in [7, 11) is 0.